The van der Waals surface area contributed by atoms with Crippen LogP contribution in [-0.2, 0) is 0 Å². The lowest BCUT2D eigenvalue weighted by Crippen LogP contribution is -2.13. The molecule has 106 valence electrons. The molecule has 1 amide bonds. The predicted octanol–water partition coefficient (Wildman–Crippen LogP) is 4.35. The first-order valence-electron chi connectivity index (χ1n) is 5.93. The topological polar surface area (TPSA) is 68.3 Å². The van der Waals surface area contributed by atoms with Crippen LogP contribution in [0.15, 0.2) is 16.5 Å². The van der Waals surface area contributed by atoms with Gasteiger partial charge >= 0.3 is 0 Å². The zero-order valence-electron chi connectivity index (χ0n) is 11.3. The largest absolute Gasteiger partial charge is 0.466 e. The quantitative estimate of drug-likeness (QED) is 0.810. The number of benzene rings is 1. The molecular weight excluding hydrogens is 299 g/mol. The molecule has 0 aliphatic rings. The van der Waals surface area contributed by atoms with Crippen LogP contribution in [0, 0.1) is 20.8 Å². The highest BCUT2D eigenvalue weighted by atomic mass is 35.5. The smallest absolute Gasteiger partial charge is 0.259 e. The van der Waals surface area contributed by atoms with E-state index in [4.69, 9.17) is 33.4 Å². The van der Waals surface area contributed by atoms with Gasteiger partial charge in [0.15, 0.2) is 0 Å². The Morgan fingerprint density at radius 2 is 1.70 bits per heavy atom. The van der Waals surface area contributed by atoms with Crippen molar-refractivity contribution in [1.29, 1.82) is 0 Å². The molecule has 1 aromatic carbocycles. The standard InChI is InChI=1S/C14H14Cl2N2O2/c1-6-7(2)20-8(3)12(6)14(19)18-9-4-10(15)13(17)11(16)5-9/h4-5H,17H2,1-3H3,(H,18,19). The Balaban J connectivity index is 2.33. The second-order valence-corrected chi connectivity index (χ2v) is 5.34. The van der Waals surface area contributed by atoms with E-state index < -0.39 is 0 Å². The number of rotatable bonds is 2. The van der Waals surface area contributed by atoms with E-state index in [1.54, 1.807) is 19.1 Å². The van der Waals surface area contributed by atoms with Crippen LogP contribution in [0.25, 0.3) is 0 Å². The first-order valence-corrected chi connectivity index (χ1v) is 6.69. The molecule has 0 saturated carbocycles. The van der Waals surface area contributed by atoms with Crippen LogP contribution in [0.5, 0.6) is 0 Å². The van der Waals surface area contributed by atoms with Gasteiger partial charge in [0.05, 0.1) is 21.3 Å². The molecule has 0 fully saturated rings. The van der Waals surface area contributed by atoms with Crippen molar-refractivity contribution in [3.63, 3.8) is 0 Å². The maximum atomic E-state index is 12.3. The molecule has 6 heteroatoms. The molecule has 4 nitrogen and oxygen atoms in total. The van der Waals surface area contributed by atoms with Crippen LogP contribution in [0.3, 0.4) is 0 Å². The van der Waals surface area contributed by atoms with Crippen molar-refractivity contribution >= 4 is 40.5 Å². The van der Waals surface area contributed by atoms with Crippen molar-refractivity contribution in [3.05, 3.63) is 44.8 Å². The van der Waals surface area contributed by atoms with Gasteiger partial charge in [-0.2, -0.15) is 0 Å². The monoisotopic (exact) mass is 312 g/mol. The van der Waals surface area contributed by atoms with Crippen molar-refractivity contribution in [3.8, 4) is 0 Å². The highest BCUT2D eigenvalue weighted by Gasteiger charge is 2.19. The van der Waals surface area contributed by atoms with Gasteiger partial charge in [0.2, 0.25) is 0 Å². The van der Waals surface area contributed by atoms with Crippen molar-refractivity contribution in [1.82, 2.24) is 0 Å². The molecule has 3 N–H and O–H groups in total. The molecule has 0 radical (unpaired) electrons. The number of carbonyl (C=O) groups is 1. The fourth-order valence-electron chi connectivity index (χ4n) is 1.98. The van der Waals surface area contributed by atoms with Gasteiger partial charge in [0, 0.05) is 11.3 Å². The van der Waals surface area contributed by atoms with E-state index in [0.29, 0.717) is 27.1 Å². The molecular formula is C14H14Cl2N2O2. The second-order valence-electron chi connectivity index (χ2n) is 4.52. The number of nitrogens with one attached hydrogen (secondary N) is 1. The minimum Gasteiger partial charge on any atom is -0.466 e. The summed E-state index contributed by atoms with van der Waals surface area (Å²) in [6.07, 6.45) is 0. The normalized spacial score (nSPS) is 10.7. The molecule has 0 atom stereocenters. The van der Waals surface area contributed by atoms with Crippen LogP contribution >= 0.6 is 23.2 Å². The average Bonchev–Trinajstić information content (AvgIpc) is 2.60. The number of anilines is 2. The number of nitrogens with two attached hydrogens (primary N) is 1. The summed E-state index contributed by atoms with van der Waals surface area (Å²) in [6, 6.07) is 3.11. The van der Waals surface area contributed by atoms with Crippen molar-refractivity contribution in [2.75, 3.05) is 11.1 Å². The van der Waals surface area contributed by atoms with Crippen LogP contribution in [-0.4, -0.2) is 5.91 Å². The number of hydrogen-bond acceptors (Lipinski definition) is 3. The zero-order valence-corrected chi connectivity index (χ0v) is 12.8. The van der Waals surface area contributed by atoms with Gasteiger partial charge in [-0.25, -0.2) is 0 Å². The lowest BCUT2D eigenvalue weighted by Gasteiger charge is -2.08. The number of carbonyl (C=O) groups excluding carboxylic acids is 1. The van der Waals surface area contributed by atoms with Crippen molar-refractivity contribution < 1.29 is 9.21 Å². The van der Waals surface area contributed by atoms with Crippen LogP contribution < -0.4 is 11.1 Å². The third kappa shape index (κ3) is 2.62. The van der Waals surface area contributed by atoms with Gasteiger partial charge in [-0.3, -0.25) is 4.79 Å². The summed E-state index contributed by atoms with van der Waals surface area (Å²) >= 11 is 11.9. The third-order valence-electron chi connectivity index (χ3n) is 3.13. The third-order valence-corrected chi connectivity index (χ3v) is 3.75. The van der Waals surface area contributed by atoms with E-state index in [9.17, 15) is 4.79 Å². The molecule has 20 heavy (non-hydrogen) atoms. The molecule has 1 heterocycles. The Bertz CT molecular complexity index is 670. The van der Waals surface area contributed by atoms with Crippen molar-refractivity contribution in [2.45, 2.75) is 20.8 Å². The van der Waals surface area contributed by atoms with Crippen LogP contribution in [0.4, 0.5) is 11.4 Å². The number of halogens is 2. The summed E-state index contributed by atoms with van der Waals surface area (Å²) in [5, 5.41) is 3.33. The molecule has 2 aromatic rings. The van der Waals surface area contributed by atoms with E-state index in [1.165, 1.54) is 0 Å². The Labute approximate surface area is 126 Å². The lowest BCUT2D eigenvalue weighted by molar-refractivity contribution is 0.102. The summed E-state index contributed by atoms with van der Waals surface area (Å²) < 4.78 is 5.44. The van der Waals surface area contributed by atoms with Gasteiger partial charge in [0.1, 0.15) is 11.5 Å². The van der Waals surface area contributed by atoms with Gasteiger partial charge in [-0.1, -0.05) is 23.2 Å². The molecule has 0 bridgehead atoms. The number of nitrogen functional groups attached to an aromatic ring is 1. The summed E-state index contributed by atoms with van der Waals surface area (Å²) in [5.74, 6) is 1.03. The maximum absolute atomic E-state index is 12.3. The average molecular weight is 313 g/mol. The summed E-state index contributed by atoms with van der Waals surface area (Å²) in [6.45, 7) is 5.40. The molecule has 2 rings (SSSR count). The van der Waals surface area contributed by atoms with E-state index in [0.717, 1.165) is 11.3 Å². The number of hydrogen-bond donors (Lipinski definition) is 2. The minimum atomic E-state index is -0.270. The predicted molar refractivity (Wildman–Crippen MR) is 81.7 cm³/mol. The van der Waals surface area contributed by atoms with Crippen molar-refractivity contribution in [2.24, 2.45) is 0 Å². The maximum Gasteiger partial charge on any atom is 0.259 e. The van der Waals surface area contributed by atoms with E-state index >= 15 is 0 Å². The first-order chi connectivity index (χ1) is 9.31. The highest BCUT2D eigenvalue weighted by molar-refractivity contribution is 6.39. The number of furan rings is 1. The Hall–Kier alpha value is -1.65. The molecule has 1 aromatic heterocycles. The van der Waals surface area contributed by atoms with Crippen LogP contribution in [0.1, 0.15) is 27.4 Å². The molecule has 0 aliphatic carbocycles. The summed E-state index contributed by atoms with van der Waals surface area (Å²) in [4.78, 5) is 12.3. The second kappa shape index (κ2) is 5.38. The molecule has 0 spiro atoms. The Kier molecular flexibility index (Phi) is 3.97. The van der Waals surface area contributed by atoms with Gasteiger partial charge < -0.3 is 15.5 Å². The van der Waals surface area contributed by atoms with Gasteiger partial charge in [-0.05, 0) is 32.9 Å². The van der Waals surface area contributed by atoms with E-state index in [-0.39, 0.29) is 11.6 Å². The first kappa shape index (κ1) is 14.8. The highest BCUT2D eigenvalue weighted by Crippen LogP contribution is 2.31. The molecule has 0 saturated heterocycles. The minimum absolute atomic E-state index is 0.270. The van der Waals surface area contributed by atoms with Gasteiger partial charge in [0.25, 0.3) is 5.91 Å². The van der Waals surface area contributed by atoms with Gasteiger partial charge in [-0.15, -0.1) is 0 Å². The summed E-state index contributed by atoms with van der Waals surface area (Å²) in [7, 11) is 0. The molecule has 0 aliphatic heterocycles. The Morgan fingerprint density at radius 3 is 2.15 bits per heavy atom. The van der Waals surface area contributed by atoms with E-state index in [2.05, 4.69) is 5.32 Å². The number of amides is 1. The summed E-state index contributed by atoms with van der Waals surface area (Å²) in [5.41, 5.74) is 7.76. The van der Waals surface area contributed by atoms with Crippen LogP contribution in [0.2, 0.25) is 10.0 Å². The zero-order chi connectivity index (χ0) is 15.0. The Morgan fingerprint density at radius 1 is 1.15 bits per heavy atom. The SMILES string of the molecule is Cc1oc(C)c(C(=O)Nc2cc(Cl)c(N)c(Cl)c2)c1C. The number of aryl methyl sites for hydroxylation is 2. The fourth-order valence-corrected chi connectivity index (χ4v) is 2.46. The van der Waals surface area contributed by atoms with E-state index in [1.807, 2.05) is 13.8 Å². The lowest BCUT2D eigenvalue weighted by atomic mass is 10.1. The molecule has 0 unspecified atom stereocenters. The fraction of sp³-hybridized carbons (Fsp3) is 0.214.